The van der Waals surface area contributed by atoms with Gasteiger partial charge in [0.05, 0.1) is 11.3 Å². The molecule has 2 aliphatic heterocycles. The van der Waals surface area contributed by atoms with Crippen molar-refractivity contribution in [2.75, 3.05) is 23.8 Å². The number of nitrogens with one attached hydrogen (secondary N) is 1. The van der Waals surface area contributed by atoms with Gasteiger partial charge < -0.3 is 19.9 Å². The molecule has 2 heterocycles. The van der Waals surface area contributed by atoms with Crippen LogP contribution in [-0.4, -0.2) is 36.5 Å². The van der Waals surface area contributed by atoms with Gasteiger partial charge in [-0.3, -0.25) is 9.59 Å². The van der Waals surface area contributed by atoms with Crippen LogP contribution in [0.5, 0.6) is 5.75 Å². The number of hydrogen-bond donors (Lipinski definition) is 1. The monoisotopic (exact) mass is 441 g/mol. The summed E-state index contributed by atoms with van der Waals surface area (Å²) in [5, 5.41) is 2.94. The standard InChI is InChI=1S/C27H27N3O3/c1-29-24-17-20(10-15-23(24)27(32)30-16-6-5-9-25(29)30)26(31)28-21-11-13-22(14-12-21)33-18-19-7-3-2-4-8-19/h2-4,7-8,10-15,17,25H,5-6,9,16,18H2,1H3,(H,28,31). The quantitative estimate of drug-likeness (QED) is 0.611. The Balaban J connectivity index is 1.27. The zero-order valence-electron chi connectivity index (χ0n) is 18.7. The summed E-state index contributed by atoms with van der Waals surface area (Å²) in [6, 6.07) is 22.6. The molecule has 0 aliphatic carbocycles. The highest BCUT2D eigenvalue weighted by Gasteiger charge is 2.37. The Bertz CT molecular complexity index is 1160. The van der Waals surface area contributed by atoms with Gasteiger partial charge in [0.15, 0.2) is 0 Å². The molecule has 3 aromatic carbocycles. The zero-order valence-corrected chi connectivity index (χ0v) is 18.7. The Morgan fingerprint density at radius 1 is 1.03 bits per heavy atom. The van der Waals surface area contributed by atoms with Crippen LogP contribution in [0, 0.1) is 0 Å². The van der Waals surface area contributed by atoms with Crippen molar-refractivity contribution in [3.63, 3.8) is 0 Å². The van der Waals surface area contributed by atoms with Gasteiger partial charge >= 0.3 is 0 Å². The molecule has 1 unspecified atom stereocenters. The Morgan fingerprint density at radius 3 is 2.61 bits per heavy atom. The van der Waals surface area contributed by atoms with E-state index in [1.165, 1.54) is 0 Å². The predicted octanol–water partition coefficient (Wildman–Crippen LogP) is 4.92. The number of hydrogen-bond acceptors (Lipinski definition) is 4. The molecule has 6 heteroatoms. The van der Waals surface area contributed by atoms with E-state index in [0.717, 1.165) is 42.8 Å². The molecule has 0 spiro atoms. The van der Waals surface area contributed by atoms with E-state index in [9.17, 15) is 9.59 Å². The number of carbonyl (C=O) groups is 2. The van der Waals surface area contributed by atoms with Crippen LogP contribution in [0.25, 0.3) is 0 Å². The third-order valence-electron chi connectivity index (χ3n) is 6.41. The molecule has 0 bridgehead atoms. The SMILES string of the molecule is CN1c2cc(C(=O)Nc3ccc(OCc4ccccc4)cc3)ccc2C(=O)N2CCCCC21. The number of ether oxygens (including phenoxy) is 1. The smallest absolute Gasteiger partial charge is 0.257 e. The fraction of sp³-hybridized carbons (Fsp3) is 0.259. The van der Waals surface area contributed by atoms with Crippen molar-refractivity contribution in [1.29, 1.82) is 0 Å². The van der Waals surface area contributed by atoms with Crippen molar-refractivity contribution < 1.29 is 14.3 Å². The first-order valence-corrected chi connectivity index (χ1v) is 11.4. The normalized spacial score (nSPS) is 17.2. The summed E-state index contributed by atoms with van der Waals surface area (Å²) in [4.78, 5) is 29.9. The van der Waals surface area contributed by atoms with Crippen LogP contribution in [0.4, 0.5) is 11.4 Å². The van der Waals surface area contributed by atoms with E-state index < -0.39 is 0 Å². The molecule has 1 saturated heterocycles. The molecule has 0 saturated carbocycles. The second-order valence-corrected chi connectivity index (χ2v) is 8.57. The van der Waals surface area contributed by atoms with Gasteiger partial charge in [-0.05, 0) is 67.3 Å². The maximum Gasteiger partial charge on any atom is 0.257 e. The fourth-order valence-corrected chi connectivity index (χ4v) is 4.59. The summed E-state index contributed by atoms with van der Waals surface area (Å²) >= 11 is 0. The molecule has 3 aromatic rings. The summed E-state index contributed by atoms with van der Waals surface area (Å²) < 4.78 is 5.81. The van der Waals surface area contributed by atoms with Gasteiger partial charge in [0, 0.05) is 24.8 Å². The lowest BCUT2D eigenvalue weighted by Crippen LogP contribution is -2.55. The Labute approximate surface area is 193 Å². The first kappa shape index (κ1) is 21.1. The largest absolute Gasteiger partial charge is 0.489 e. The first-order chi connectivity index (χ1) is 16.1. The van der Waals surface area contributed by atoms with Crippen LogP contribution in [0.3, 0.4) is 0 Å². The van der Waals surface area contributed by atoms with E-state index in [-0.39, 0.29) is 18.0 Å². The molecule has 6 nitrogen and oxygen atoms in total. The fourth-order valence-electron chi connectivity index (χ4n) is 4.59. The molecule has 168 valence electrons. The summed E-state index contributed by atoms with van der Waals surface area (Å²) in [7, 11) is 2.00. The minimum atomic E-state index is -0.206. The van der Waals surface area contributed by atoms with Gasteiger partial charge in [-0.15, -0.1) is 0 Å². The second-order valence-electron chi connectivity index (χ2n) is 8.57. The topological polar surface area (TPSA) is 61.9 Å². The molecule has 5 rings (SSSR count). The molecule has 1 atom stereocenters. The number of nitrogens with zero attached hydrogens (tertiary/aromatic N) is 2. The minimum Gasteiger partial charge on any atom is -0.489 e. The lowest BCUT2D eigenvalue weighted by molar-refractivity contribution is 0.0589. The highest BCUT2D eigenvalue weighted by molar-refractivity contribution is 6.08. The maximum atomic E-state index is 12.9. The molecule has 2 amide bonds. The Morgan fingerprint density at radius 2 is 1.82 bits per heavy atom. The van der Waals surface area contributed by atoms with Gasteiger partial charge in [-0.25, -0.2) is 0 Å². The maximum absolute atomic E-state index is 12.9. The van der Waals surface area contributed by atoms with E-state index in [2.05, 4.69) is 10.2 Å². The van der Waals surface area contributed by atoms with Gasteiger partial charge in [0.25, 0.3) is 11.8 Å². The van der Waals surface area contributed by atoms with Crippen molar-refractivity contribution in [1.82, 2.24) is 4.90 Å². The minimum absolute atomic E-state index is 0.0610. The highest BCUT2D eigenvalue weighted by atomic mass is 16.5. The van der Waals surface area contributed by atoms with E-state index >= 15 is 0 Å². The van der Waals surface area contributed by atoms with Crippen molar-refractivity contribution in [3.8, 4) is 5.75 Å². The third-order valence-corrected chi connectivity index (χ3v) is 6.41. The number of piperidine rings is 1. The molecule has 33 heavy (non-hydrogen) atoms. The van der Waals surface area contributed by atoms with Crippen LogP contribution in [0.15, 0.2) is 72.8 Å². The molecular formula is C27H27N3O3. The van der Waals surface area contributed by atoms with Crippen LogP contribution in [0.1, 0.15) is 45.5 Å². The molecular weight excluding hydrogens is 414 g/mol. The van der Waals surface area contributed by atoms with Gasteiger partial charge in [-0.1, -0.05) is 30.3 Å². The van der Waals surface area contributed by atoms with E-state index in [0.29, 0.717) is 23.4 Å². The summed E-state index contributed by atoms with van der Waals surface area (Å²) in [6.45, 7) is 1.28. The molecule has 0 radical (unpaired) electrons. The van der Waals surface area contributed by atoms with Crippen LogP contribution in [-0.2, 0) is 6.61 Å². The Hall–Kier alpha value is -3.80. The Kier molecular flexibility index (Phi) is 5.73. The van der Waals surface area contributed by atoms with E-state index in [1.807, 2.05) is 72.6 Å². The van der Waals surface area contributed by atoms with Crippen LogP contribution in [0.2, 0.25) is 0 Å². The van der Waals surface area contributed by atoms with Gasteiger partial charge in [0.1, 0.15) is 18.5 Å². The number of benzene rings is 3. The lowest BCUT2D eigenvalue weighted by atomic mass is 9.97. The van der Waals surface area contributed by atoms with Crippen molar-refractivity contribution in [2.45, 2.75) is 32.0 Å². The summed E-state index contributed by atoms with van der Waals surface area (Å²) in [5.74, 6) is 0.594. The zero-order chi connectivity index (χ0) is 22.8. The average Bonchev–Trinajstić information content (AvgIpc) is 2.87. The average molecular weight is 442 g/mol. The lowest BCUT2D eigenvalue weighted by Gasteiger charge is -2.46. The molecule has 2 aliphatic rings. The van der Waals surface area contributed by atoms with E-state index in [1.54, 1.807) is 12.1 Å². The second kappa shape index (κ2) is 8.98. The van der Waals surface area contributed by atoms with Crippen molar-refractivity contribution in [3.05, 3.63) is 89.5 Å². The molecule has 1 fully saturated rings. The van der Waals surface area contributed by atoms with Crippen LogP contribution >= 0.6 is 0 Å². The highest BCUT2D eigenvalue weighted by Crippen LogP contribution is 2.35. The molecule has 1 N–H and O–H groups in total. The third kappa shape index (κ3) is 4.29. The number of fused-ring (bicyclic) bond motifs is 2. The summed E-state index contributed by atoms with van der Waals surface area (Å²) in [5.41, 5.74) is 3.80. The summed E-state index contributed by atoms with van der Waals surface area (Å²) in [6.07, 6.45) is 3.18. The molecule has 0 aromatic heterocycles. The van der Waals surface area contributed by atoms with Gasteiger partial charge in [-0.2, -0.15) is 0 Å². The number of amides is 2. The number of rotatable bonds is 5. The van der Waals surface area contributed by atoms with E-state index in [4.69, 9.17) is 4.74 Å². The first-order valence-electron chi connectivity index (χ1n) is 11.4. The number of anilines is 2. The van der Waals surface area contributed by atoms with Crippen molar-refractivity contribution >= 4 is 23.2 Å². The van der Waals surface area contributed by atoms with Crippen LogP contribution < -0.4 is 15.0 Å². The van der Waals surface area contributed by atoms with Crippen molar-refractivity contribution in [2.24, 2.45) is 0 Å². The number of carbonyl (C=O) groups excluding carboxylic acids is 2. The predicted molar refractivity (Wildman–Crippen MR) is 129 cm³/mol. The van der Waals surface area contributed by atoms with Gasteiger partial charge in [0.2, 0.25) is 0 Å².